The SMILES string of the molecule is COc1cc(CNC(=O)c2c(C)nn(Cc3ccc(F)cc3)c2Cl)ccc1OCC(=O)N(C)C. The fourth-order valence-electron chi connectivity index (χ4n) is 3.16. The number of halogens is 2. The minimum absolute atomic E-state index is 0.112. The number of nitrogens with zero attached hydrogens (tertiary/aromatic N) is 3. The molecule has 0 spiro atoms. The maximum atomic E-state index is 13.1. The van der Waals surface area contributed by atoms with Gasteiger partial charge in [-0.2, -0.15) is 5.10 Å². The number of methoxy groups -OCH3 is 1. The zero-order valence-corrected chi connectivity index (χ0v) is 20.1. The second-order valence-electron chi connectivity index (χ2n) is 7.78. The number of hydrogen-bond donors (Lipinski definition) is 1. The number of rotatable bonds is 9. The van der Waals surface area contributed by atoms with Crippen molar-refractivity contribution in [3.63, 3.8) is 0 Å². The summed E-state index contributed by atoms with van der Waals surface area (Å²) in [5.74, 6) is -0.00690. The van der Waals surface area contributed by atoms with E-state index in [1.165, 1.54) is 28.8 Å². The highest BCUT2D eigenvalue weighted by Crippen LogP contribution is 2.28. The molecule has 1 N–H and O–H groups in total. The van der Waals surface area contributed by atoms with Gasteiger partial charge in [0.15, 0.2) is 18.1 Å². The monoisotopic (exact) mass is 488 g/mol. The van der Waals surface area contributed by atoms with Gasteiger partial charge in [-0.1, -0.05) is 29.8 Å². The zero-order chi connectivity index (χ0) is 24.8. The topological polar surface area (TPSA) is 85.7 Å². The van der Waals surface area contributed by atoms with Crippen LogP contribution in [-0.2, 0) is 17.9 Å². The highest BCUT2D eigenvalue weighted by Gasteiger charge is 2.20. The molecule has 0 bridgehead atoms. The third-order valence-corrected chi connectivity index (χ3v) is 5.45. The van der Waals surface area contributed by atoms with E-state index in [2.05, 4.69) is 10.4 Å². The number of aryl methyl sites for hydroxylation is 1. The van der Waals surface area contributed by atoms with Crippen LogP contribution >= 0.6 is 11.6 Å². The number of likely N-dealkylation sites (N-methyl/N-ethyl adjacent to an activating group) is 1. The van der Waals surface area contributed by atoms with Crippen LogP contribution in [-0.4, -0.2) is 54.3 Å². The zero-order valence-electron chi connectivity index (χ0n) is 19.4. The molecule has 8 nitrogen and oxygen atoms in total. The van der Waals surface area contributed by atoms with Gasteiger partial charge in [-0.15, -0.1) is 0 Å². The predicted molar refractivity (Wildman–Crippen MR) is 126 cm³/mol. The van der Waals surface area contributed by atoms with Crippen LogP contribution in [0.15, 0.2) is 42.5 Å². The Morgan fingerprint density at radius 1 is 1.12 bits per heavy atom. The lowest BCUT2D eigenvalue weighted by Crippen LogP contribution is -2.27. The average molecular weight is 489 g/mol. The smallest absolute Gasteiger partial charge is 0.259 e. The Morgan fingerprint density at radius 3 is 2.44 bits per heavy atom. The van der Waals surface area contributed by atoms with E-state index in [0.717, 1.165) is 11.1 Å². The van der Waals surface area contributed by atoms with Crippen molar-refractivity contribution in [1.29, 1.82) is 0 Å². The Labute approximate surface area is 202 Å². The molecule has 0 fully saturated rings. The lowest BCUT2D eigenvalue weighted by atomic mass is 10.2. The van der Waals surface area contributed by atoms with Crippen LogP contribution in [0.1, 0.15) is 27.2 Å². The molecule has 1 aromatic heterocycles. The summed E-state index contributed by atoms with van der Waals surface area (Å²) in [4.78, 5) is 26.0. The first-order chi connectivity index (χ1) is 16.2. The van der Waals surface area contributed by atoms with Crippen molar-refractivity contribution in [2.75, 3.05) is 27.8 Å². The van der Waals surface area contributed by atoms with E-state index in [0.29, 0.717) is 23.7 Å². The maximum Gasteiger partial charge on any atom is 0.259 e. The standard InChI is InChI=1S/C24H26ClFN4O4/c1-15-22(23(25)30(28-15)13-16-5-8-18(26)9-6-16)24(32)27-12-17-7-10-19(20(11-17)33-4)34-14-21(31)29(2)3/h5-11H,12-14H2,1-4H3,(H,27,32). The van der Waals surface area contributed by atoms with Gasteiger partial charge >= 0.3 is 0 Å². The fraction of sp³-hybridized carbons (Fsp3) is 0.292. The molecule has 0 radical (unpaired) electrons. The summed E-state index contributed by atoms with van der Waals surface area (Å²) in [5, 5.41) is 7.39. The van der Waals surface area contributed by atoms with E-state index < -0.39 is 0 Å². The molecule has 0 unspecified atom stereocenters. The van der Waals surface area contributed by atoms with Gasteiger partial charge in [0.05, 0.1) is 24.9 Å². The summed E-state index contributed by atoms with van der Waals surface area (Å²) in [5.41, 5.74) is 2.33. The average Bonchev–Trinajstić information content (AvgIpc) is 3.09. The molecule has 0 aliphatic carbocycles. The molecule has 2 aromatic carbocycles. The van der Waals surface area contributed by atoms with Gasteiger partial charge in [0.2, 0.25) is 0 Å². The van der Waals surface area contributed by atoms with Gasteiger partial charge in [0.25, 0.3) is 11.8 Å². The van der Waals surface area contributed by atoms with Crippen LogP contribution in [0.4, 0.5) is 4.39 Å². The first-order valence-corrected chi connectivity index (χ1v) is 10.8. The summed E-state index contributed by atoms with van der Waals surface area (Å²) < 4.78 is 25.5. The lowest BCUT2D eigenvalue weighted by Gasteiger charge is -2.14. The van der Waals surface area contributed by atoms with E-state index >= 15 is 0 Å². The molecule has 34 heavy (non-hydrogen) atoms. The number of carbonyl (C=O) groups excluding carboxylic acids is 2. The van der Waals surface area contributed by atoms with Crippen LogP contribution in [0.5, 0.6) is 11.5 Å². The molecule has 0 saturated carbocycles. The first kappa shape index (κ1) is 25.0. The molecule has 3 aromatic rings. The Hall–Kier alpha value is -3.59. The first-order valence-electron chi connectivity index (χ1n) is 10.4. The molecule has 1 heterocycles. The number of nitrogens with one attached hydrogen (secondary N) is 1. The molecule has 2 amide bonds. The van der Waals surface area contributed by atoms with Gasteiger partial charge in [0, 0.05) is 20.6 Å². The predicted octanol–water partition coefficient (Wildman–Crippen LogP) is 3.44. The minimum atomic E-state index is -0.372. The number of ether oxygens (including phenoxy) is 2. The van der Waals surface area contributed by atoms with E-state index in [1.54, 1.807) is 51.4 Å². The Balaban J connectivity index is 1.66. The van der Waals surface area contributed by atoms with Crippen molar-refractivity contribution in [3.8, 4) is 11.5 Å². The normalized spacial score (nSPS) is 10.6. The Morgan fingerprint density at radius 2 is 1.79 bits per heavy atom. The second kappa shape index (κ2) is 11.0. The van der Waals surface area contributed by atoms with Crippen LogP contribution < -0.4 is 14.8 Å². The molecule has 0 atom stereocenters. The molecule has 0 aliphatic heterocycles. The second-order valence-corrected chi connectivity index (χ2v) is 8.14. The van der Waals surface area contributed by atoms with Crippen molar-refractivity contribution in [1.82, 2.24) is 20.0 Å². The summed E-state index contributed by atoms with van der Waals surface area (Å²) >= 11 is 6.44. The van der Waals surface area contributed by atoms with E-state index in [1.807, 2.05) is 0 Å². The van der Waals surface area contributed by atoms with E-state index in [9.17, 15) is 14.0 Å². The van der Waals surface area contributed by atoms with Crippen LogP contribution in [0.2, 0.25) is 5.15 Å². The van der Waals surface area contributed by atoms with Crippen LogP contribution in [0.25, 0.3) is 0 Å². The van der Waals surface area contributed by atoms with E-state index in [-0.39, 0.29) is 41.5 Å². The number of carbonyl (C=O) groups is 2. The Bertz CT molecular complexity index is 1180. The van der Waals surface area contributed by atoms with Gasteiger partial charge < -0.3 is 19.7 Å². The fourth-order valence-corrected chi connectivity index (χ4v) is 3.48. The van der Waals surface area contributed by atoms with Crippen molar-refractivity contribution in [2.45, 2.75) is 20.0 Å². The molecule has 10 heteroatoms. The van der Waals surface area contributed by atoms with E-state index in [4.69, 9.17) is 21.1 Å². The largest absolute Gasteiger partial charge is 0.493 e. The number of amides is 2. The maximum absolute atomic E-state index is 13.1. The molecular weight excluding hydrogens is 463 g/mol. The minimum Gasteiger partial charge on any atom is -0.493 e. The van der Waals surface area contributed by atoms with Gasteiger partial charge in [-0.3, -0.25) is 9.59 Å². The van der Waals surface area contributed by atoms with Crippen LogP contribution in [0, 0.1) is 12.7 Å². The highest BCUT2D eigenvalue weighted by atomic mass is 35.5. The number of aromatic nitrogens is 2. The molecule has 0 aliphatic rings. The van der Waals surface area contributed by atoms with Crippen molar-refractivity contribution in [3.05, 3.63) is 75.8 Å². The molecule has 3 rings (SSSR count). The molecule has 180 valence electrons. The summed E-state index contributed by atoms with van der Waals surface area (Å²) in [6.45, 7) is 2.11. The highest BCUT2D eigenvalue weighted by molar-refractivity contribution is 6.33. The third kappa shape index (κ3) is 6.05. The molecular formula is C24H26ClFN4O4. The quantitative estimate of drug-likeness (QED) is 0.498. The van der Waals surface area contributed by atoms with Crippen LogP contribution in [0.3, 0.4) is 0 Å². The third-order valence-electron chi connectivity index (χ3n) is 5.07. The summed E-state index contributed by atoms with van der Waals surface area (Å²) in [7, 11) is 4.79. The number of benzene rings is 2. The summed E-state index contributed by atoms with van der Waals surface area (Å²) in [6, 6.07) is 11.2. The van der Waals surface area contributed by atoms with Crippen molar-refractivity contribution >= 4 is 23.4 Å². The van der Waals surface area contributed by atoms with Crippen molar-refractivity contribution in [2.24, 2.45) is 0 Å². The lowest BCUT2D eigenvalue weighted by molar-refractivity contribution is -0.130. The van der Waals surface area contributed by atoms with Crippen molar-refractivity contribution < 1.29 is 23.5 Å². The Kier molecular flexibility index (Phi) is 8.12. The van der Waals surface area contributed by atoms with Gasteiger partial charge in [-0.05, 0) is 42.3 Å². The molecule has 0 saturated heterocycles. The van der Waals surface area contributed by atoms with Gasteiger partial charge in [0.1, 0.15) is 11.0 Å². The summed E-state index contributed by atoms with van der Waals surface area (Å²) in [6.07, 6.45) is 0. The number of hydrogen-bond acceptors (Lipinski definition) is 5. The van der Waals surface area contributed by atoms with Gasteiger partial charge in [-0.25, -0.2) is 9.07 Å².